The Morgan fingerprint density at radius 1 is 0.310 bits per heavy atom. The molecule has 0 aromatic carbocycles. The number of rotatable bonds is 4. The van der Waals surface area contributed by atoms with E-state index in [1.807, 2.05) is 0 Å². The van der Waals surface area contributed by atoms with Crippen molar-refractivity contribution in [1.29, 1.82) is 0 Å². The van der Waals surface area contributed by atoms with Gasteiger partial charge in [0.1, 0.15) is 0 Å². The van der Waals surface area contributed by atoms with Crippen molar-refractivity contribution in [2.45, 2.75) is 131 Å². The van der Waals surface area contributed by atoms with Gasteiger partial charge in [-0.15, -0.1) is 0 Å². The van der Waals surface area contributed by atoms with Gasteiger partial charge in [-0.3, -0.25) is 0 Å². The Morgan fingerprint density at radius 2 is 0.448 bits per heavy atom. The molecule has 0 N–H and O–H groups in total. The molecule has 0 saturated carbocycles. The van der Waals surface area contributed by atoms with Crippen LogP contribution >= 0.6 is 0 Å². The van der Waals surface area contributed by atoms with E-state index < -0.39 is 43.1 Å². The summed E-state index contributed by atoms with van der Waals surface area (Å²) in [6, 6.07) is 0. The van der Waals surface area contributed by atoms with Crippen LogP contribution in [-0.2, 0) is 1.41 Å². The van der Waals surface area contributed by atoms with E-state index in [1.54, 1.807) is 0 Å². The van der Waals surface area contributed by atoms with Crippen molar-refractivity contribution >= 4 is 43.1 Å². The van der Waals surface area contributed by atoms with Crippen LogP contribution in [0.2, 0.25) is 6.86 Å². The minimum atomic E-state index is -1.14. The molecule has 0 bridgehead atoms. The van der Waals surface area contributed by atoms with E-state index in [1.165, 1.54) is 0 Å². The monoisotopic (exact) mass is 622 g/mol. The van der Waals surface area contributed by atoms with Gasteiger partial charge in [-0.25, -0.2) is 0 Å². The Labute approximate surface area is 207 Å². The molecular formula is C26H54OSn2. The van der Waals surface area contributed by atoms with Gasteiger partial charge in [-0.05, 0) is 0 Å². The summed E-state index contributed by atoms with van der Waals surface area (Å²) in [7, 11) is 0. The van der Waals surface area contributed by atoms with Crippen molar-refractivity contribution in [3.8, 4) is 0 Å². The summed E-state index contributed by atoms with van der Waals surface area (Å²) >= 11 is -2.28. The summed E-state index contributed by atoms with van der Waals surface area (Å²) in [4.78, 5) is 0. The van der Waals surface area contributed by atoms with E-state index in [4.69, 9.17) is 1.41 Å². The molecule has 0 aliphatic rings. The molecule has 0 aromatic rings. The average Bonchev–Trinajstić information content (AvgIpc) is 2.27. The molecule has 4 radical (unpaired) electrons. The van der Waals surface area contributed by atoms with Gasteiger partial charge in [0.25, 0.3) is 0 Å². The predicted octanol–water partition coefficient (Wildman–Crippen LogP) is 8.84. The normalized spacial score (nSPS) is 16.3. The average molecular weight is 620 g/mol. The fourth-order valence-corrected chi connectivity index (χ4v) is 20.9. The summed E-state index contributed by atoms with van der Waals surface area (Å²) in [6.45, 7) is 44.3. The third kappa shape index (κ3) is 5.56. The van der Waals surface area contributed by atoms with Gasteiger partial charge in [0, 0.05) is 0 Å². The summed E-state index contributed by atoms with van der Waals surface area (Å²) in [5.41, 5.74) is 1.35. The van der Waals surface area contributed by atoms with Crippen molar-refractivity contribution in [2.75, 3.05) is 0 Å². The SMILES string of the molecule is CC(C)(C)[C]([Sn][O][Sn][C](C(C)(C)C)(C(C)(C)C)C(C)(C)C)(C(C)(C)C)C(C)(C)C. The molecule has 0 amide bonds. The molecule has 3 heteroatoms. The Hall–Kier alpha value is 1.56. The van der Waals surface area contributed by atoms with Gasteiger partial charge in [0.05, 0.1) is 0 Å². The maximum absolute atomic E-state index is 7.26. The van der Waals surface area contributed by atoms with Crippen molar-refractivity contribution in [3.05, 3.63) is 0 Å². The minimum absolute atomic E-state index is 0.225. The molecule has 0 heterocycles. The first-order valence-electron chi connectivity index (χ1n) is 11.4. The fourth-order valence-electron chi connectivity index (χ4n) is 7.85. The third-order valence-corrected chi connectivity index (χ3v) is 26.2. The molecule has 0 unspecified atom stereocenters. The van der Waals surface area contributed by atoms with Crippen molar-refractivity contribution < 1.29 is 1.41 Å². The van der Waals surface area contributed by atoms with Crippen LogP contribution in [0.25, 0.3) is 0 Å². The van der Waals surface area contributed by atoms with Gasteiger partial charge < -0.3 is 0 Å². The van der Waals surface area contributed by atoms with E-state index in [9.17, 15) is 0 Å². The van der Waals surface area contributed by atoms with Crippen molar-refractivity contribution in [1.82, 2.24) is 0 Å². The van der Waals surface area contributed by atoms with Crippen LogP contribution in [0.15, 0.2) is 0 Å². The van der Waals surface area contributed by atoms with E-state index >= 15 is 0 Å². The van der Waals surface area contributed by atoms with Gasteiger partial charge >= 0.3 is 209 Å². The zero-order chi connectivity index (χ0) is 24.1. The van der Waals surface area contributed by atoms with Crippen LogP contribution in [0.3, 0.4) is 0 Å². The van der Waals surface area contributed by atoms with E-state index in [0.717, 1.165) is 0 Å². The fraction of sp³-hybridized carbons (Fsp3) is 1.00. The first kappa shape index (κ1) is 30.6. The van der Waals surface area contributed by atoms with Gasteiger partial charge in [-0.1, -0.05) is 0 Å². The van der Waals surface area contributed by atoms with E-state index in [-0.39, 0.29) is 39.4 Å². The quantitative estimate of drug-likeness (QED) is 0.286. The Balaban J connectivity index is 6.44. The zero-order valence-electron chi connectivity index (χ0n) is 23.4. The second-order valence-electron chi connectivity index (χ2n) is 15.3. The molecule has 0 aliphatic heterocycles. The Kier molecular flexibility index (Phi) is 9.20. The summed E-state index contributed by atoms with van der Waals surface area (Å²) in [5, 5.41) is 0. The molecule has 0 spiro atoms. The van der Waals surface area contributed by atoms with Gasteiger partial charge in [0.15, 0.2) is 0 Å². The third-order valence-electron chi connectivity index (χ3n) is 7.16. The second kappa shape index (κ2) is 8.73. The Morgan fingerprint density at radius 3 is 0.552 bits per heavy atom. The van der Waals surface area contributed by atoms with E-state index in [2.05, 4.69) is 125 Å². The number of hydrogen-bond acceptors (Lipinski definition) is 1. The van der Waals surface area contributed by atoms with Crippen LogP contribution in [0.4, 0.5) is 0 Å². The molecule has 0 fully saturated rings. The zero-order valence-corrected chi connectivity index (χ0v) is 29.1. The van der Waals surface area contributed by atoms with Gasteiger partial charge in [0.2, 0.25) is 0 Å². The molecular weight excluding hydrogens is 566 g/mol. The summed E-state index contributed by atoms with van der Waals surface area (Å²) in [5.74, 6) is 0. The second-order valence-corrected chi connectivity index (χ2v) is 25.2. The first-order chi connectivity index (χ1) is 12.2. The van der Waals surface area contributed by atoms with Gasteiger partial charge in [-0.2, -0.15) is 0 Å². The molecule has 29 heavy (non-hydrogen) atoms. The van der Waals surface area contributed by atoms with Crippen molar-refractivity contribution in [2.24, 2.45) is 32.5 Å². The molecule has 0 aromatic heterocycles. The maximum atomic E-state index is 7.26. The predicted molar refractivity (Wildman–Crippen MR) is 135 cm³/mol. The van der Waals surface area contributed by atoms with E-state index in [0.29, 0.717) is 0 Å². The molecule has 0 aliphatic carbocycles. The summed E-state index contributed by atoms with van der Waals surface area (Å²) < 4.78 is 7.76. The van der Waals surface area contributed by atoms with Crippen LogP contribution in [-0.4, -0.2) is 43.1 Å². The number of hydrogen-bond donors (Lipinski definition) is 0. The van der Waals surface area contributed by atoms with Crippen LogP contribution in [0.5, 0.6) is 0 Å². The molecule has 172 valence electrons. The van der Waals surface area contributed by atoms with Crippen LogP contribution in [0, 0.1) is 32.5 Å². The Bertz CT molecular complexity index is 412. The first-order valence-corrected chi connectivity index (χ1v) is 16.6. The molecule has 0 atom stereocenters. The topological polar surface area (TPSA) is 9.23 Å². The standard InChI is InChI=1S/2C13H27.O.2Sn/c2*1-11(2,3)10(12(4,5)6)13(7,8)9;;;/h2*1-9H3;;;. The van der Waals surface area contributed by atoms with Crippen LogP contribution in [0.1, 0.15) is 125 Å². The van der Waals surface area contributed by atoms with Crippen molar-refractivity contribution in [3.63, 3.8) is 0 Å². The molecule has 0 rings (SSSR count). The molecule has 0 saturated heterocycles. The molecule has 1 nitrogen and oxygen atoms in total. The van der Waals surface area contributed by atoms with Crippen LogP contribution < -0.4 is 0 Å². The summed E-state index contributed by atoms with van der Waals surface area (Å²) in [6.07, 6.45) is 0.